The summed E-state index contributed by atoms with van der Waals surface area (Å²) in [5.74, 6) is 0.105. The van der Waals surface area contributed by atoms with Crippen LogP contribution in [0.2, 0.25) is 0 Å². The van der Waals surface area contributed by atoms with Crippen molar-refractivity contribution >= 4 is 28.8 Å². The number of anilines is 1. The molecule has 0 radical (unpaired) electrons. The molecule has 1 N–H and O–H groups in total. The van der Waals surface area contributed by atoms with Gasteiger partial charge in [0.25, 0.3) is 5.89 Å². The predicted molar refractivity (Wildman–Crippen MR) is 130 cm³/mol. The molecule has 35 heavy (non-hydrogen) atoms. The van der Waals surface area contributed by atoms with E-state index in [9.17, 15) is 14.7 Å². The van der Waals surface area contributed by atoms with Crippen LogP contribution in [-0.4, -0.2) is 37.8 Å². The molecule has 1 amide bonds. The number of amides is 1. The maximum absolute atomic E-state index is 13.5. The SMILES string of the molecule is CC(C)N(c1nn(-c2coc(-c3nc4ccccc4o3)c2)cc1C(=O)O)C(=O)[C@H]1CC[C@H](C)CC1. The highest BCUT2D eigenvalue weighted by atomic mass is 16.4. The first-order valence-corrected chi connectivity index (χ1v) is 11.9. The fraction of sp³-hybridized carbons (Fsp3) is 0.385. The van der Waals surface area contributed by atoms with Crippen molar-refractivity contribution in [3.63, 3.8) is 0 Å². The second-order valence-electron chi connectivity index (χ2n) is 9.53. The summed E-state index contributed by atoms with van der Waals surface area (Å²) in [6.45, 7) is 5.94. The van der Waals surface area contributed by atoms with E-state index in [1.807, 2.05) is 38.1 Å². The molecule has 3 aromatic heterocycles. The van der Waals surface area contributed by atoms with Crippen LogP contribution in [-0.2, 0) is 4.79 Å². The molecule has 0 spiro atoms. The van der Waals surface area contributed by atoms with Crippen molar-refractivity contribution in [3.05, 3.63) is 48.4 Å². The number of furan rings is 1. The fourth-order valence-electron chi connectivity index (χ4n) is 4.67. The van der Waals surface area contributed by atoms with Gasteiger partial charge in [-0.05, 0) is 57.6 Å². The minimum Gasteiger partial charge on any atom is -0.477 e. The van der Waals surface area contributed by atoms with Gasteiger partial charge in [-0.25, -0.2) is 14.5 Å². The summed E-state index contributed by atoms with van der Waals surface area (Å²) < 4.78 is 12.8. The molecule has 0 atom stereocenters. The Morgan fingerprint density at radius 1 is 1.17 bits per heavy atom. The van der Waals surface area contributed by atoms with Crippen LogP contribution in [0.25, 0.3) is 28.4 Å². The van der Waals surface area contributed by atoms with Gasteiger partial charge in [-0.3, -0.25) is 9.69 Å². The molecule has 1 saturated carbocycles. The van der Waals surface area contributed by atoms with E-state index < -0.39 is 5.97 Å². The Bertz CT molecular complexity index is 1340. The first-order valence-electron chi connectivity index (χ1n) is 11.9. The zero-order valence-electron chi connectivity index (χ0n) is 20.0. The van der Waals surface area contributed by atoms with Crippen molar-refractivity contribution in [2.75, 3.05) is 4.90 Å². The lowest BCUT2D eigenvalue weighted by Gasteiger charge is -2.32. The van der Waals surface area contributed by atoms with Gasteiger partial charge in [0.2, 0.25) is 5.91 Å². The minimum atomic E-state index is -1.15. The van der Waals surface area contributed by atoms with Gasteiger partial charge in [0.1, 0.15) is 23.0 Å². The highest BCUT2D eigenvalue weighted by Crippen LogP contribution is 2.33. The van der Waals surface area contributed by atoms with Crippen molar-refractivity contribution < 1.29 is 23.5 Å². The van der Waals surface area contributed by atoms with Crippen LogP contribution in [0.1, 0.15) is 56.8 Å². The molecule has 4 aromatic rings. The highest BCUT2D eigenvalue weighted by Gasteiger charge is 2.34. The van der Waals surface area contributed by atoms with Crippen molar-refractivity contribution in [1.82, 2.24) is 14.8 Å². The van der Waals surface area contributed by atoms with Crippen molar-refractivity contribution in [2.24, 2.45) is 11.8 Å². The molecule has 3 heterocycles. The van der Waals surface area contributed by atoms with Gasteiger partial charge in [-0.15, -0.1) is 5.10 Å². The molecule has 182 valence electrons. The van der Waals surface area contributed by atoms with E-state index >= 15 is 0 Å². The Morgan fingerprint density at radius 3 is 2.60 bits per heavy atom. The quantitative estimate of drug-likeness (QED) is 0.388. The Kier molecular flexibility index (Phi) is 5.92. The van der Waals surface area contributed by atoms with Crippen LogP contribution in [0.3, 0.4) is 0 Å². The monoisotopic (exact) mass is 476 g/mol. The molecule has 0 saturated heterocycles. The number of fused-ring (bicyclic) bond motifs is 1. The summed E-state index contributed by atoms with van der Waals surface area (Å²) in [4.78, 5) is 31.6. The van der Waals surface area contributed by atoms with E-state index in [2.05, 4.69) is 17.0 Å². The molecule has 9 heteroatoms. The Morgan fingerprint density at radius 2 is 1.91 bits per heavy atom. The lowest BCUT2D eigenvalue weighted by molar-refractivity contribution is -0.124. The number of rotatable bonds is 6. The summed E-state index contributed by atoms with van der Waals surface area (Å²) in [6, 6.07) is 8.82. The molecule has 1 aromatic carbocycles. The normalized spacial score (nSPS) is 18.3. The number of aromatic carboxylic acids is 1. The largest absolute Gasteiger partial charge is 0.477 e. The number of aromatic nitrogens is 3. The van der Waals surface area contributed by atoms with E-state index in [1.165, 1.54) is 22.0 Å². The molecule has 9 nitrogen and oxygen atoms in total. The summed E-state index contributed by atoms with van der Waals surface area (Å²) >= 11 is 0. The van der Waals surface area contributed by atoms with Gasteiger partial charge in [0.15, 0.2) is 17.2 Å². The third-order valence-electron chi connectivity index (χ3n) is 6.63. The molecular weight excluding hydrogens is 448 g/mol. The lowest BCUT2D eigenvalue weighted by Crippen LogP contribution is -2.43. The maximum atomic E-state index is 13.5. The first-order chi connectivity index (χ1) is 16.8. The second-order valence-corrected chi connectivity index (χ2v) is 9.53. The first kappa shape index (κ1) is 22.9. The van der Waals surface area contributed by atoms with Crippen molar-refractivity contribution in [3.8, 4) is 17.3 Å². The van der Waals surface area contributed by atoms with E-state index in [4.69, 9.17) is 8.83 Å². The third-order valence-corrected chi connectivity index (χ3v) is 6.63. The average Bonchev–Trinajstić information content (AvgIpc) is 3.57. The number of hydrogen-bond acceptors (Lipinski definition) is 6. The number of nitrogens with zero attached hydrogens (tertiary/aromatic N) is 4. The van der Waals surface area contributed by atoms with E-state index in [0.29, 0.717) is 34.4 Å². The molecular formula is C26H28N4O5. The van der Waals surface area contributed by atoms with Crippen molar-refractivity contribution in [1.29, 1.82) is 0 Å². The second kappa shape index (κ2) is 9.05. The number of para-hydroxylation sites is 2. The topological polar surface area (TPSA) is 115 Å². The number of carbonyl (C=O) groups excluding carboxylic acids is 1. The minimum absolute atomic E-state index is 0.0409. The molecule has 0 aliphatic heterocycles. The van der Waals surface area contributed by atoms with Gasteiger partial charge in [-0.1, -0.05) is 19.1 Å². The number of benzene rings is 1. The number of carboxylic acids is 1. The van der Waals surface area contributed by atoms with Gasteiger partial charge in [0.05, 0.1) is 0 Å². The number of oxazole rings is 1. The Labute approximate surface area is 202 Å². The summed E-state index contributed by atoms with van der Waals surface area (Å²) in [5.41, 5.74) is 1.80. The zero-order chi connectivity index (χ0) is 24.7. The summed E-state index contributed by atoms with van der Waals surface area (Å²) in [6.07, 6.45) is 6.47. The summed E-state index contributed by atoms with van der Waals surface area (Å²) in [5, 5.41) is 14.4. The predicted octanol–water partition coefficient (Wildman–Crippen LogP) is 5.54. The standard InChI is InChI=1S/C26H28N4O5/c1-15(2)30(25(31)17-10-8-16(3)9-11-17)23-19(26(32)33)13-29(28-23)18-12-22(34-14-18)24-27-20-6-4-5-7-21(20)35-24/h4-7,12-17H,8-11H2,1-3H3,(H,32,33)/t16-,17-. The number of carboxylic acid groups (broad SMARTS) is 1. The maximum Gasteiger partial charge on any atom is 0.341 e. The lowest BCUT2D eigenvalue weighted by atomic mass is 9.82. The molecule has 0 unspecified atom stereocenters. The van der Waals surface area contributed by atoms with Crippen LogP contribution >= 0.6 is 0 Å². The van der Waals surface area contributed by atoms with Gasteiger partial charge in [-0.2, -0.15) is 0 Å². The number of carbonyl (C=O) groups is 2. The van der Waals surface area contributed by atoms with E-state index in [1.54, 1.807) is 6.07 Å². The third kappa shape index (κ3) is 4.34. The smallest absolute Gasteiger partial charge is 0.341 e. The van der Waals surface area contributed by atoms with Crippen LogP contribution in [0.15, 0.2) is 51.6 Å². The summed E-state index contributed by atoms with van der Waals surface area (Å²) in [7, 11) is 0. The highest BCUT2D eigenvalue weighted by molar-refractivity contribution is 6.01. The Hall–Kier alpha value is -3.88. The average molecular weight is 477 g/mol. The number of hydrogen-bond donors (Lipinski definition) is 1. The zero-order valence-corrected chi connectivity index (χ0v) is 20.0. The van der Waals surface area contributed by atoms with Gasteiger partial charge < -0.3 is 13.9 Å². The molecule has 1 fully saturated rings. The van der Waals surface area contributed by atoms with Gasteiger partial charge >= 0.3 is 5.97 Å². The van der Waals surface area contributed by atoms with E-state index in [-0.39, 0.29) is 29.2 Å². The fourth-order valence-corrected chi connectivity index (χ4v) is 4.67. The molecule has 5 rings (SSSR count). The van der Waals surface area contributed by atoms with Gasteiger partial charge in [0, 0.05) is 24.2 Å². The molecule has 1 aliphatic carbocycles. The van der Waals surface area contributed by atoms with Crippen LogP contribution < -0.4 is 4.90 Å². The van der Waals surface area contributed by atoms with Crippen LogP contribution in [0, 0.1) is 11.8 Å². The molecule has 1 aliphatic rings. The van der Waals surface area contributed by atoms with Crippen LogP contribution in [0.4, 0.5) is 5.82 Å². The Balaban J connectivity index is 1.48. The van der Waals surface area contributed by atoms with E-state index in [0.717, 1.165) is 25.7 Å². The van der Waals surface area contributed by atoms with Crippen LogP contribution in [0.5, 0.6) is 0 Å². The van der Waals surface area contributed by atoms with Crippen molar-refractivity contribution in [2.45, 2.75) is 52.5 Å². The molecule has 0 bridgehead atoms.